The quantitative estimate of drug-likeness (QED) is 0.104. The first-order chi connectivity index (χ1) is 17.6. The fourth-order valence-electron chi connectivity index (χ4n) is 4.88. The summed E-state index contributed by atoms with van der Waals surface area (Å²) in [6.45, 7) is 12.4. The predicted octanol–water partition coefficient (Wildman–Crippen LogP) is 9.31. The van der Waals surface area contributed by atoms with Gasteiger partial charge in [0.2, 0.25) is 11.8 Å². The molecule has 0 saturated carbocycles. The number of rotatable bonds is 27. The zero-order chi connectivity index (χ0) is 26.7. The number of amides is 2. The molecule has 0 aromatic rings. The first-order valence-corrected chi connectivity index (χ1v) is 16.2. The van der Waals surface area contributed by atoms with E-state index in [9.17, 15) is 9.59 Å². The van der Waals surface area contributed by atoms with Gasteiger partial charge in [0, 0.05) is 39.0 Å². The van der Waals surface area contributed by atoms with Crippen molar-refractivity contribution in [3.63, 3.8) is 0 Å². The predicted molar refractivity (Wildman–Crippen MR) is 157 cm³/mol. The van der Waals surface area contributed by atoms with E-state index < -0.39 is 0 Å². The number of hydrogen-bond donors (Lipinski definition) is 0. The molecule has 0 N–H and O–H groups in total. The van der Waals surface area contributed by atoms with E-state index in [4.69, 9.17) is 0 Å². The number of carbonyl (C=O) groups excluding carboxylic acids is 2. The van der Waals surface area contributed by atoms with Gasteiger partial charge in [-0.05, 0) is 25.7 Å². The van der Waals surface area contributed by atoms with Gasteiger partial charge in [-0.1, -0.05) is 130 Å². The maximum atomic E-state index is 13.1. The van der Waals surface area contributed by atoms with Crippen LogP contribution >= 0.6 is 0 Å². The molecule has 36 heavy (non-hydrogen) atoms. The van der Waals surface area contributed by atoms with E-state index in [0.29, 0.717) is 12.8 Å². The van der Waals surface area contributed by atoms with Gasteiger partial charge in [0.15, 0.2) is 0 Å². The minimum Gasteiger partial charge on any atom is -0.343 e. The monoisotopic (exact) mass is 508 g/mol. The third kappa shape index (κ3) is 21.1. The molecule has 4 nitrogen and oxygen atoms in total. The van der Waals surface area contributed by atoms with Gasteiger partial charge in [-0.2, -0.15) is 0 Å². The molecule has 0 radical (unpaired) electrons. The van der Waals surface area contributed by atoms with Crippen LogP contribution in [0.2, 0.25) is 0 Å². The summed E-state index contributed by atoms with van der Waals surface area (Å²) in [7, 11) is 0. The summed E-state index contributed by atoms with van der Waals surface area (Å²) in [4.78, 5) is 30.4. The van der Waals surface area contributed by atoms with Gasteiger partial charge in [-0.15, -0.1) is 0 Å². The molecule has 214 valence electrons. The summed E-state index contributed by atoms with van der Waals surface area (Å²) < 4.78 is 0. The standard InChI is InChI=1S/C32H64N2O2/c1-5-9-13-17-21-27-33(28-22-18-14-10-6-2)31(35)25-26-32(36)34(29-23-19-15-11-7-3)30-24-20-16-12-8-4/h5-30H2,1-4H3. The summed E-state index contributed by atoms with van der Waals surface area (Å²) in [5.41, 5.74) is 0. The fraction of sp³-hybridized carbons (Fsp3) is 0.938. The molecule has 0 spiro atoms. The van der Waals surface area contributed by atoms with Crippen LogP contribution in [0.1, 0.15) is 169 Å². The molecule has 0 aromatic carbocycles. The maximum absolute atomic E-state index is 13.1. The average Bonchev–Trinajstić information content (AvgIpc) is 2.88. The van der Waals surface area contributed by atoms with Crippen LogP contribution in [0.4, 0.5) is 0 Å². The highest BCUT2D eigenvalue weighted by Crippen LogP contribution is 2.12. The molecule has 0 aliphatic rings. The SMILES string of the molecule is CCCCCCCN(CCCCCCC)C(=O)CCC(=O)N(CCCCCCC)CCCCCCC. The van der Waals surface area contributed by atoms with Crippen molar-refractivity contribution < 1.29 is 9.59 Å². The average molecular weight is 509 g/mol. The van der Waals surface area contributed by atoms with Crippen molar-refractivity contribution in [2.75, 3.05) is 26.2 Å². The van der Waals surface area contributed by atoms with Gasteiger partial charge >= 0.3 is 0 Å². The maximum Gasteiger partial charge on any atom is 0.223 e. The summed E-state index contributed by atoms with van der Waals surface area (Å²) in [5, 5.41) is 0. The lowest BCUT2D eigenvalue weighted by Gasteiger charge is -2.25. The van der Waals surface area contributed by atoms with Crippen molar-refractivity contribution in [3.8, 4) is 0 Å². The van der Waals surface area contributed by atoms with Crippen molar-refractivity contribution in [1.29, 1.82) is 0 Å². The highest BCUT2D eigenvalue weighted by molar-refractivity contribution is 5.83. The van der Waals surface area contributed by atoms with Gasteiger partial charge < -0.3 is 9.80 Å². The first-order valence-electron chi connectivity index (χ1n) is 16.2. The summed E-state index contributed by atoms with van der Waals surface area (Å²) in [6, 6.07) is 0. The third-order valence-corrected chi connectivity index (χ3v) is 7.38. The Morgan fingerprint density at radius 1 is 0.361 bits per heavy atom. The smallest absolute Gasteiger partial charge is 0.223 e. The second-order valence-electron chi connectivity index (χ2n) is 10.9. The van der Waals surface area contributed by atoms with Crippen molar-refractivity contribution in [3.05, 3.63) is 0 Å². The molecule has 0 bridgehead atoms. The molecule has 0 heterocycles. The summed E-state index contributed by atoms with van der Waals surface area (Å²) >= 11 is 0. The molecule has 0 fully saturated rings. The van der Waals surface area contributed by atoms with Crippen LogP contribution in [-0.4, -0.2) is 47.8 Å². The number of nitrogens with zero attached hydrogens (tertiary/aromatic N) is 2. The first kappa shape index (κ1) is 34.9. The van der Waals surface area contributed by atoms with Crippen molar-refractivity contribution >= 4 is 11.8 Å². The molecular weight excluding hydrogens is 444 g/mol. The zero-order valence-corrected chi connectivity index (χ0v) is 25.1. The van der Waals surface area contributed by atoms with Crippen LogP contribution in [0.15, 0.2) is 0 Å². The van der Waals surface area contributed by atoms with Crippen LogP contribution in [0.5, 0.6) is 0 Å². The van der Waals surface area contributed by atoms with Gasteiger partial charge in [0.25, 0.3) is 0 Å². The van der Waals surface area contributed by atoms with E-state index in [2.05, 4.69) is 37.5 Å². The minimum absolute atomic E-state index is 0.195. The molecule has 0 aliphatic heterocycles. The van der Waals surface area contributed by atoms with Crippen molar-refractivity contribution in [2.24, 2.45) is 0 Å². The van der Waals surface area contributed by atoms with Crippen LogP contribution in [0.3, 0.4) is 0 Å². The molecule has 0 saturated heterocycles. The van der Waals surface area contributed by atoms with E-state index >= 15 is 0 Å². The normalized spacial score (nSPS) is 11.1. The molecule has 0 atom stereocenters. The zero-order valence-electron chi connectivity index (χ0n) is 25.1. The van der Waals surface area contributed by atoms with Gasteiger partial charge in [0.05, 0.1) is 0 Å². The summed E-state index contributed by atoms with van der Waals surface area (Å²) in [6.07, 6.45) is 25.1. The van der Waals surface area contributed by atoms with Gasteiger partial charge in [-0.25, -0.2) is 0 Å². The highest BCUT2D eigenvalue weighted by atomic mass is 16.2. The molecule has 0 rings (SSSR count). The Morgan fingerprint density at radius 3 is 0.806 bits per heavy atom. The van der Waals surface area contributed by atoms with Gasteiger partial charge in [-0.3, -0.25) is 9.59 Å². The van der Waals surface area contributed by atoms with Crippen LogP contribution in [0, 0.1) is 0 Å². The number of carbonyl (C=O) groups is 2. The second-order valence-corrected chi connectivity index (χ2v) is 10.9. The minimum atomic E-state index is 0.195. The Morgan fingerprint density at radius 2 is 0.583 bits per heavy atom. The van der Waals surface area contributed by atoms with Crippen LogP contribution in [-0.2, 0) is 9.59 Å². The lowest BCUT2D eigenvalue weighted by atomic mass is 10.1. The molecule has 0 aromatic heterocycles. The Kier molecular flexibility index (Phi) is 26.2. The lowest BCUT2D eigenvalue weighted by Crippen LogP contribution is -2.36. The van der Waals surface area contributed by atoms with Crippen LogP contribution < -0.4 is 0 Å². The molecule has 0 unspecified atom stereocenters. The van der Waals surface area contributed by atoms with E-state index in [1.165, 1.54) is 103 Å². The number of unbranched alkanes of at least 4 members (excludes halogenated alkanes) is 16. The second kappa shape index (κ2) is 27.0. The largest absolute Gasteiger partial charge is 0.343 e. The van der Waals surface area contributed by atoms with Crippen LogP contribution in [0.25, 0.3) is 0 Å². The van der Waals surface area contributed by atoms with Gasteiger partial charge in [0.1, 0.15) is 0 Å². The Labute approximate surface area is 226 Å². The molecule has 0 aliphatic carbocycles. The molecule has 4 heteroatoms. The van der Waals surface area contributed by atoms with E-state index in [1.807, 2.05) is 0 Å². The Hall–Kier alpha value is -1.06. The molecule has 2 amide bonds. The Bertz CT molecular complexity index is 423. The fourth-order valence-corrected chi connectivity index (χ4v) is 4.88. The third-order valence-electron chi connectivity index (χ3n) is 7.38. The van der Waals surface area contributed by atoms with E-state index in [1.54, 1.807) is 0 Å². The summed E-state index contributed by atoms with van der Waals surface area (Å²) in [5.74, 6) is 0.389. The van der Waals surface area contributed by atoms with Crippen molar-refractivity contribution in [1.82, 2.24) is 9.80 Å². The Balaban J connectivity index is 4.70. The highest BCUT2D eigenvalue weighted by Gasteiger charge is 2.18. The van der Waals surface area contributed by atoms with E-state index in [-0.39, 0.29) is 11.8 Å². The topological polar surface area (TPSA) is 40.6 Å². The van der Waals surface area contributed by atoms with E-state index in [0.717, 1.165) is 51.9 Å². The number of hydrogen-bond acceptors (Lipinski definition) is 2. The molecular formula is C32H64N2O2. The lowest BCUT2D eigenvalue weighted by molar-refractivity contribution is -0.137. The van der Waals surface area contributed by atoms with Crippen molar-refractivity contribution in [2.45, 2.75) is 169 Å².